The van der Waals surface area contributed by atoms with E-state index in [4.69, 9.17) is 4.42 Å². The van der Waals surface area contributed by atoms with Crippen LogP contribution in [-0.4, -0.2) is 5.11 Å². The maximum absolute atomic E-state index is 10.9. The molecule has 5 atom stereocenters. The van der Waals surface area contributed by atoms with Crippen LogP contribution in [0.4, 0.5) is 0 Å². The zero-order valence-electron chi connectivity index (χ0n) is 9.43. The van der Waals surface area contributed by atoms with E-state index >= 15 is 0 Å². The van der Waals surface area contributed by atoms with Gasteiger partial charge in [-0.1, -0.05) is 6.42 Å². The van der Waals surface area contributed by atoms with Gasteiger partial charge in [0.1, 0.15) is 11.4 Å². The van der Waals surface area contributed by atoms with Gasteiger partial charge in [-0.25, -0.2) is 0 Å². The number of hydrogen-bond donors (Lipinski definition) is 1. The summed E-state index contributed by atoms with van der Waals surface area (Å²) in [6.45, 7) is 0. The van der Waals surface area contributed by atoms with Gasteiger partial charge in [0.05, 0.1) is 6.26 Å². The lowest BCUT2D eigenvalue weighted by molar-refractivity contribution is -0.0668. The molecule has 0 radical (unpaired) electrons. The lowest BCUT2D eigenvalue weighted by Crippen LogP contribution is -2.38. The highest BCUT2D eigenvalue weighted by molar-refractivity contribution is 5.20. The van der Waals surface area contributed by atoms with Crippen LogP contribution in [0.15, 0.2) is 22.8 Å². The lowest BCUT2D eigenvalue weighted by Gasteiger charge is -2.37. The first kappa shape index (κ1) is 9.29. The molecule has 1 heterocycles. The molecule has 0 aliphatic heterocycles. The molecule has 4 rings (SSSR count). The van der Waals surface area contributed by atoms with Crippen LogP contribution >= 0.6 is 0 Å². The highest BCUT2D eigenvalue weighted by Gasteiger charge is 2.61. The number of hydrogen-bond acceptors (Lipinski definition) is 2. The number of furan rings is 1. The first-order chi connectivity index (χ1) is 7.79. The second-order valence-corrected chi connectivity index (χ2v) is 5.97. The van der Waals surface area contributed by atoms with E-state index < -0.39 is 5.60 Å². The largest absolute Gasteiger partial charge is 0.466 e. The molecule has 3 aliphatic carbocycles. The van der Waals surface area contributed by atoms with E-state index in [9.17, 15) is 5.11 Å². The highest BCUT2D eigenvalue weighted by Crippen LogP contribution is 2.65. The molecule has 3 fully saturated rings. The Kier molecular flexibility index (Phi) is 1.69. The molecule has 16 heavy (non-hydrogen) atoms. The standard InChI is InChI=1S/C14H18O2/c15-14(13-5-2-6-16-13)8-9-7-12(14)11-4-1-3-10(9)11/h2,5-6,9-12,15H,1,3-4,7-8H2. The van der Waals surface area contributed by atoms with Crippen LogP contribution in [0.3, 0.4) is 0 Å². The maximum Gasteiger partial charge on any atom is 0.135 e. The fourth-order valence-corrected chi connectivity index (χ4v) is 4.92. The summed E-state index contributed by atoms with van der Waals surface area (Å²) >= 11 is 0. The average Bonchev–Trinajstić information content (AvgIpc) is 3.00. The minimum Gasteiger partial charge on any atom is -0.466 e. The minimum atomic E-state index is -0.639. The third-order valence-electron chi connectivity index (χ3n) is 5.44. The summed E-state index contributed by atoms with van der Waals surface area (Å²) in [5.41, 5.74) is -0.639. The molecule has 2 bridgehead atoms. The van der Waals surface area contributed by atoms with Gasteiger partial charge < -0.3 is 9.52 Å². The van der Waals surface area contributed by atoms with Crippen LogP contribution in [0.1, 0.15) is 37.9 Å². The zero-order valence-corrected chi connectivity index (χ0v) is 9.43. The first-order valence-corrected chi connectivity index (χ1v) is 6.55. The predicted molar refractivity (Wildman–Crippen MR) is 59.6 cm³/mol. The molecule has 1 aromatic heterocycles. The monoisotopic (exact) mass is 218 g/mol. The second kappa shape index (κ2) is 2.92. The van der Waals surface area contributed by atoms with Crippen molar-refractivity contribution in [3.8, 4) is 0 Å². The van der Waals surface area contributed by atoms with Crippen LogP contribution in [-0.2, 0) is 5.60 Å². The molecule has 3 aliphatic rings. The molecular weight excluding hydrogens is 200 g/mol. The molecule has 3 saturated carbocycles. The first-order valence-electron chi connectivity index (χ1n) is 6.55. The van der Waals surface area contributed by atoms with Crippen molar-refractivity contribution < 1.29 is 9.52 Å². The summed E-state index contributed by atoms with van der Waals surface area (Å²) in [7, 11) is 0. The number of rotatable bonds is 1. The fraction of sp³-hybridized carbons (Fsp3) is 0.714. The van der Waals surface area contributed by atoms with Crippen LogP contribution < -0.4 is 0 Å². The Morgan fingerprint density at radius 2 is 2.19 bits per heavy atom. The Balaban J connectivity index is 1.74. The Hall–Kier alpha value is -0.760. The van der Waals surface area contributed by atoms with E-state index in [1.165, 1.54) is 25.7 Å². The third kappa shape index (κ3) is 0.969. The van der Waals surface area contributed by atoms with E-state index in [1.54, 1.807) is 6.26 Å². The van der Waals surface area contributed by atoms with Crippen LogP contribution in [0.2, 0.25) is 0 Å². The molecule has 0 saturated heterocycles. The van der Waals surface area contributed by atoms with Crippen molar-refractivity contribution in [2.75, 3.05) is 0 Å². The molecule has 2 heteroatoms. The van der Waals surface area contributed by atoms with E-state index in [0.29, 0.717) is 5.92 Å². The SMILES string of the molecule is OC1(c2ccco2)CC2CC1C1CCCC21. The van der Waals surface area contributed by atoms with Gasteiger partial charge >= 0.3 is 0 Å². The van der Waals surface area contributed by atoms with E-state index in [1.807, 2.05) is 12.1 Å². The Labute approximate surface area is 95.7 Å². The zero-order chi connectivity index (χ0) is 10.8. The number of fused-ring (bicyclic) bond motifs is 5. The summed E-state index contributed by atoms with van der Waals surface area (Å²) in [5.74, 6) is 3.73. The van der Waals surface area contributed by atoms with Crippen molar-refractivity contribution in [2.24, 2.45) is 23.7 Å². The van der Waals surface area contributed by atoms with Crippen molar-refractivity contribution in [1.82, 2.24) is 0 Å². The van der Waals surface area contributed by atoms with Crippen molar-refractivity contribution in [1.29, 1.82) is 0 Å². The van der Waals surface area contributed by atoms with E-state index in [2.05, 4.69) is 0 Å². The van der Waals surface area contributed by atoms with E-state index in [0.717, 1.165) is 29.9 Å². The van der Waals surface area contributed by atoms with Crippen molar-refractivity contribution in [3.63, 3.8) is 0 Å². The quantitative estimate of drug-likeness (QED) is 0.786. The summed E-state index contributed by atoms with van der Waals surface area (Å²) in [5, 5.41) is 10.9. The fourth-order valence-electron chi connectivity index (χ4n) is 4.92. The normalized spacial score (nSPS) is 49.8. The smallest absolute Gasteiger partial charge is 0.135 e. The van der Waals surface area contributed by atoms with E-state index in [-0.39, 0.29) is 0 Å². The summed E-state index contributed by atoms with van der Waals surface area (Å²) in [6.07, 6.45) is 7.95. The second-order valence-electron chi connectivity index (χ2n) is 5.97. The van der Waals surface area contributed by atoms with Gasteiger partial charge in [0.15, 0.2) is 0 Å². The van der Waals surface area contributed by atoms with Gasteiger partial charge in [0, 0.05) is 0 Å². The molecule has 0 aromatic carbocycles. The van der Waals surface area contributed by atoms with Gasteiger partial charge in [0.2, 0.25) is 0 Å². The molecule has 2 nitrogen and oxygen atoms in total. The Morgan fingerprint density at radius 3 is 3.00 bits per heavy atom. The van der Waals surface area contributed by atoms with Crippen molar-refractivity contribution in [2.45, 2.75) is 37.7 Å². The molecule has 1 N–H and O–H groups in total. The Bertz CT molecular complexity index is 397. The van der Waals surface area contributed by atoms with Gasteiger partial charge in [0.25, 0.3) is 0 Å². The van der Waals surface area contributed by atoms with Crippen LogP contribution in [0.5, 0.6) is 0 Å². The maximum atomic E-state index is 10.9. The molecular formula is C14H18O2. The third-order valence-corrected chi connectivity index (χ3v) is 5.44. The predicted octanol–water partition coefficient (Wildman–Crippen LogP) is 2.92. The van der Waals surface area contributed by atoms with Gasteiger partial charge in [-0.05, 0) is 61.5 Å². The molecule has 86 valence electrons. The molecule has 0 amide bonds. The summed E-state index contributed by atoms with van der Waals surface area (Å²) < 4.78 is 5.47. The summed E-state index contributed by atoms with van der Waals surface area (Å²) in [4.78, 5) is 0. The molecule has 5 unspecified atom stereocenters. The van der Waals surface area contributed by atoms with Gasteiger partial charge in [-0.2, -0.15) is 0 Å². The van der Waals surface area contributed by atoms with Gasteiger partial charge in [-0.3, -0.25) is 0 Å². The molecule has 1 aromatic rings. The summed E-state index contributed by atoms with van der Waals surface area (Å²) in [6, 6.07) is 3.84. The highest BCUT2D eigenvalue weighted by atomic mass is 16.4. The number of aliphatic hydroxyl groups is 1. The average molecular weight is 218 g/mol. The van der Waals surface area contributed by atoms with Crippen LogP contribution in [0, 0.1) is 23.7 Å². The Morgan fingerprint density at radius 1 is 1.31 bits per heavy atom. The van der Waals surface area contributed by atoms with Crippen molar-refractivity contribution >= 4 is 0 Å². The topological polar surface area (TPSA) is 33.4 Å². The lowest BCUT2D eigenvalue weighted by atomic mass is 9.72. The van der Waals surface area contributed by atoms with Gasteiger partial charge in [-0.15, -0.1) is 0 Å². The van der Waals surface area contributed by atoms with Crippen molar-refractivity contribution in [3.05, 3.63) is 24.2 Å². The minimum absolute atomic E-state index is 0.469. The van der Waals surface area contributed by atoms with Crippen LogP contribution in [0.25, 0.3) is 0 Å². The molecule has 0 spiro atoms.